The number of nitrogens with one attached hydrogen (secondary N) is 1. The summed E-state index contributed by atoms with van der Waals surface area (Å²) in [7, 11) is 0. The van der Waals surface area contributed by atoms with E-state index in [4.69, 9.17) is 10.5 Å². The number of rotatable bonds is 4. The van der Waals surface area contributed by atoms with E-state index >= 15 is 0 Å². The number of carbonyl (C=O) groups is 1. The van der Waals surface area contributed by atoms with Gasteiger partial charge in [0.2, 0.25) is 0 Å². The minimum Gasteiger partial charge on any atom is -0.480 e. The molecule has 0 spiro atoms. The summed E-state index contributed by atoms with van der Waals surface area (Å²) in [6.45, 7) is 1.69. The number of ether oxygens (including phenoxy) is 1. The van der Waals surface area contributed by atoms with E-state index in [2.05, 4.69) is 37.2 Å². The lowest BCUT2D eigenvalue weighted by atomic mass is 10.2. The highest BCUT2D eigenvalue weighted by Gasteiger charge is 2.16. The van der Waals surface area contributed by atoms with Crippen LogP contribution in [0.1, 0.15) is 6.92 Å². The number of amides is 1. The van der Waals surface area contributed by atoms with Gasteiger partial charge in [-0.3, -0.25) is 4.79 Å². The van der Waals surface area contributed by atoms with Crippen molar-refractivity contribution in [2.45, 2.75) is 13.0 Å². The normalized spacial score (nSPS) is 11.8. The topological polar surface area (TPSA) is 64.3 Å². The van der Waals surface area contributed by atoms with Crippen LogP contribution in [0.4, 0.5) is 11.4 Å². The van der Waals surface area contributed by atoms with Crippen LogP contribution in [0.5, 0.6) is 5.75 Å². The Balaban J connectivity index is 2.02. The molecule has 1 amide bonds. The highest BCUT2D eigenvalue weighted by atomic mass is 79.9. The van der Waals surface area contributed by atoms with Gasteiger partial charge in [0.25, 0.3) is 5.91 Å². The summed E-state index contributed by atoms with van der Waals surface area (Å²) < 4.78 is 7.36. The maximum Gasteiger partial charge on any atom is 0.265 e. The SMILES string of the molecule is CC(Oc1ccc(Br)cc1Br)C(=O)Nc1cccc(N)c1. The summed E-state index contributed by atoms with van der Waals surface area (Å²) in [5.74, 6) is 0.365. The first-order chi connectivity index (χ1) is 9.95. The minimum atomic E-state index is -0.635. The quantitative estimate of drug-likeness (QED) is 0.738. The summed E-state index contributed by atoms with van der Waals surface area (Å²) in [6.07, 6.45) is -0.635. The summed E-state index contributed by atoms with van der Waals surface area (Å²) in [4.78, 5) is 12.1. The lowest BCUT2D eigenvalue weighted by molar-refractivity contribution is -0.122. The molecule has 2 aromatic rings. The molecule has 0 bridgehead atoms. The van der Waals surface area contributed by atoms with Crippen molar-refractivity contribution in [3.8, 4) is 5.75 Å². The number of nitrogen functional groups attached to an aromatic ring is 1. The van der Waals surface area contributed by atoms with Crippen molar-refractivity contribution in [1.29, 1.82) is 0 Å². The number of anilines is 2. The van der Waals surface area contributed by atoms with Crippen molar-refractivity contribution in [3.05, 3.63) is 51.4 Å². The van der Waals surface area contributed by atoms with Gasteiger partial charge in [-0.15, -0.1) is 0 Å². The average Bonchev–Trinajstić information content (AvgIpc) is 2.41. The van der Waals surface area contributed by atoms with Gasteiger partial charge in [0.15, 0.2) is 6.10 Å². The summed E-state index contributed by atoms with van der Waals surface area (Å²) in [5.41, 5.74) is 6.91. The molecular formula is C15H14Br2N2O2. The number of hydrogen-bond donors (Lipinski definition) is 2. The second-order valence-electron chi connectivity index (χ2n) is 4.45. The molecule has 4 nitrogen and oxygen atoms in total. The Morgan fingerprint density at radius 3 is 2.67 bits per heavy atom. The highest BCUT2D eigenvalue weighted by Crippen LogP contribution is 2.29. The second kappa shape index (κ2) is 6.95. The number of benzene rings is 2. The molecule has 3 N–H and O–H groups in total. The molecule has 0 aliphatic rings. The molecule has 2 aromatic carbocycles. The fourth-order valence-electron chi connectivity index (χ4n) is 1.68. The van der Waals surface area contributed by atoms with Crippen molar-refractivity contribution in [3.63, 3.8) is 0 Å². The molecule has 0 saturated heterocycles. The van der Waals surface area contributed by atoms with Crippen LogP contribution in [0.3, 0.4) is 0 Å². The molecular weight excluding hydrogens is 400 g/mol. The first-order valence-corrected chi connectivity index (χ1v) is 7.82. The molecule has 0 aromatic heterocycles. The van der Waals surface area contributed by atoms with Crippen molar-refractivity contribution >= 4 is 49.1 Å². The molecule has 1 atom stereocenters. The average molecular weight is 414 g/mol. The van der Waals surface area contributed by atoms with Gasteiger partial charge in [-0.25, -0.2) is 0 Å². The fraction of sp³-hybridized carbons (Fsp3) is 0.133. The Bertz CT molecular complexity index is 662. The highest BCUT2D eigenvalue weighted by molar-refractivity contribution is 9.11. The molecule has 6 heteroatoms. The van der Waals surface area contributed by atoms with Crippen LogP contribution in [-0.2, 0) is 4.79 Å². The van der Waals surface area contributed by atoms with Crippen molar-refractivity contribution < 1.29 is 9.53 Å². The third kappa shape index (κ3) is 4.47. The Hall–Kier alpha value is -1.53. The summed E-state index contributed by atoms with van der Waals surface area (Å²) >= 11 is 6.76. The van der Waals surface area contributed by atoms with E-state index in [9.17, 15) is 4.79 Å². The Morgan fingerprint density at radius 2 is 2.00 bits per heavy atom. The van der Waals surface area contributed by atoms with E-state index in [1.165, 1.54) is 0 Å². The van der Waals surface area contributed by atoms with E-state index in [1.807, 2.05) is 12.1 Å². The third-order valence-electron chi connectivity index (χ3n) is 2.72. The van der Waals surface area contributed by atoms with E-state index in [1.54, 1.807) is 37.3 Å². The van der Waals surface area contributed by atoms with Crippen LogP contribution in [0.25, 0.3) is 0 Å². The number of halogens is 2. The van der Waals surface area contributed by atoms with E-state index in [0.717, 1.165) is 8.95 Å². The van der Waals surface area contributed by atoms with E-state index in [-0.39, 0.29) is 5.91 Å². The van der Waals surface area contributed by atoms with Gasteiger partial charge in [0.05, 0.1) is 4.47 Å². The molecule has 21 heavy (non-hydrogen) atoms. The molecule has 0 heterocycles. The van der Waals surface area contributed by atoms with Crippen LogP contribution in [0.15, 0.2) is 51.4 Å². The number of carbonyl (C=O) groups excluding carboxylic acids is 1. The monoisotopic (exact) mass is 412 g/mol. The van der Waals surface area contributed by atoms with Crippen LogP contribution in [0.2, 0.25) is 0 Å². The summed E-state index contributed by atoms with van der Waals surface area (Å²) in [5, 5.41) is 2.77. The molecule has 0 aliphatic carbocycles. The second-order valence-corrected chi connectivity index (χ2v) is 6.22. The molecule has 110 valence electrons. The molecule has 0 aliphatic heterocycles. The maximum absolute atomic E-state index is 12.1. The molecule has 0 saturated carbocycles. The Morgan fingerprint density at radius 1 is 1.24 bits per heavy atom. The first-order valence-electron chi connectivity index (χ1n) is 6.24. The van der Waals surface area contributed by atoms with Gasteiger partial charge in [-0.05, 0) is 59.3 Å². The Kier molecular flexibility index (Phi) is 5.25. The van der Waals surface area contributed by atoms with Gasteiger partial charge >= 0.3 is 0 Å². The number of nitrogens with two attached hydrogens (primary N) is 1. The maximum atomic E-state index is 12.1. The zero-order chi connectivity index (χ0) is 15.4. The van der Waals surface area contributed by atoms with Crippen LogP contribution >= 0.6 is 31.9 Å². The molecule has 0 radical (unpaired) electrons. The number of hydrogen-bond acceptors (Lipinski definition) is 3. The zero-order valence-electron chi connectivity index (χ0n) is 11.3. The zero-order valence-corrected chi connectivity index (χ0v) is 14.4. The standard InChI is InChI=1S/C15H14Br2N2O2/c1-9(21-14-6-5-10(16)7-13(14)17)15(20)19-12-4-2-3-11(18)8-12/h2-9H,18H2,1H3,(H,19,20). The third-order valence-corrected chi connectivity index (χ3v) is 3.83. The predicted molar refractivity (Wildman–Crippen MR) is 91.4 cm³/mol. The van der Waals surface area contributed by atoms with Crippen LogP contribution < -0.4 is 15.8 Å². The molecule has 2 rings (SSSR count). The van der Waals surface area contributed by atoms with Gasteiger partial charge in [0.1, 0.15) is 5.75 Å². The van der Waals surface area contributed by atoms with Gasteiger partial charge in [-0.1, -0.05) is 22.0 Å². The van der Waals surface area contributed by atoms with Crippen molar-refractivity contribution in [1.82, 2.24) is 0 Å². The van der Waals surface area contributed by atoms with Crippen molar-refractivity contribution in [2.24, 2.45) is 0 Å². The summed E-state index contributed by atoms with van der Waals surface area (Å²) in [6, 6.07) is 12.5. The fourth-order valence-corrected chi connectivity index (χ4v) is 2.82. The van der Waals surface area contributed by atoms with Gasteiger partial charge in [0, 0.05) is 15.8 Å². The molecule has 0 fully saturated rings. The first kappa shape index (κ1) is 15.9. The lowest BCUT2D eigenvalue weighted by Gasteiger charge is -2.16. The Labute approximate surface area is 139 Å². The lowest BCUT2D eigenvalue weighted by Crippen LogP contribution is -2.30. The van der Waals surface area contributed by atoms with Crippen LogP contribution in [0, 0.1) is 0 Å². The predicted octanol–water partition coefficient (Wildman–Crippen LogP) is 4.20. The van der Waals surface area contributed by atoms with Crippen LogP contribution in [-0.4, -0.2) is 12.0 Å². The largest absolute Gasteiger partial charge is 0.480 e. The minimum absolute atomic E-state index is 0.240. The smallest absolute Gasteiger partial charge is 0.265 e. The van der Waals surface area contributed by atoms with Gasteiger partial charge < -0.3 is 15.8 Å². The van der Waals surface area contributed by atoms with Gasteiger partial charge in [-0.2, -0.15) is 0 Å². The van der Waals surface area contributed by atoms with E-state index in [0.29, 0.717) is 17.1 Å². The van der Waals surface area contributed by atoms with E-state index < -0.39 is 6.10 Å². The molecule has 1 unspecified atom stereocenters. The van der Waals surface area contributed by atoms with Crippen molar-refractivity contribution in [2.75, 3.05) is 11.1 Å².